The molecule has 1 aliphatic rings. The van der Waals surface area contributed by atoms with Gasteiger partial charge in [0, 0.05) is 12.4 Å². The molecule has 76 valence electrons. The molecule has 1 saturated carbocycles. The van der Waals surface area contributed by atoms with Crippen molar-refractivity contribution in [2.75, 3.05) is 6.54 Å². The standard InChI is InChI=1S/C12H18N2/c13-10-12(5-1-2-6-12)8-11-4-3-7-14-9-11/h3-4,7,9H,1-2,5-6,8,10,13H2. The highest BCUT2D eigenvalue weighted by Crippen LogP contribution is 2.39. The normalized spacial score (nSPS) is 19.8. The smallest absolute Gasteiger partial charge is 0.0300 e. The van der Waals surface area contributed by atoms with E-state index in [4.69, 9.17) is 5.73 Å². The molecular weight excluding hydrogens is 172 g/mol. The summed E-state index contributed by atoms with van der Waals surface area (Å²) < 4.78 is 0. The van der Waals surface area contributed by atoms with Gasteiger partial charge in [0.1, 0.15) is 0 Å². The van der Waals surface area contributed by atoms with Crippen LogP contribution in [0.1, 0.15) is 31.2 Å². The third kappa shape index (κ3) is 1.95. The van der Waals surface area contributed by atoms with Crippen molar-refractivity contribution in [3.05, 3.63) is 30.1 Å². The van der Waals surface area contributed by atoms with Crippen LogP contribution in [0.25, 0.3) is 0 Å². The lowest BCUT2D eigenvalue weighted by Crippen LogP contribution is -2.29. The fourth-order valence-electron chi connectivity index (χ4n) is 2.51. The fraction of sp³-hybridized carbons (Fsp3) is 0.583. The third-order valence-corrected chi connectivity index (χ3v) is 3.40. The molecule has 2 nitrogen and oxygen atoms in total. The zero-order chi connectivity index (χ0) is 9.86. The summed E-state index contributed by atoms with van der Waals surface area (Å²) in [4.78, 5) is 4.15. The first kappa shape index (κ1) is 9.66. The van der Waals surface area contributed by atoms with E-state index in [-0.39, 0.29) is 0 Å². The second-order valence-corrected chi connectivity index (χ2v) is 4.45. The van der Waals surface area contributed by atoms with Crippen LogP contribution in [0, 0.1) is 5.41 Å². The molecule has 1 fully saturated rings. The monoisotopic (exact) mass is 190 g/mol. The number of aromatic nitrogens is 1. The minimum Gasteiger partial charge on any atom is -0.330 e. The maximum atomic E-state index is 5.90. The Balaban J connectivity index is 2.08. The molecule has 2 rings (SSSR count). The molecule has 0 aliphatic heterocycles. The van der Waals surface area contributed by atoms with Crippen LogP contribution in [0.2, 0.25) is 0 Å². The maximum Gasteiger partial charge on any atom is 0.0300 e. The van der Waals surface area contributed by atoms with Gasteiger partial charge in [-0.05, 0) is 42.9 Å². The SMILES string of the molecule is NCC1(Cc2cccnc2)CCCC1. The lowest BCUT2D eigenvalue weighted by atomic mass is 9.80. The molecule has 1 heterocycles. The number of hydrogen-bond donors (Lipinski definition) is 1. The molecule has 0 unspecified atom stereocenters. The van der Waals surface area contributed by atoms with Crippen LogP contribution in [-0.2, 0) is 6.42 Å². The molecule has 0 radical (unpaired) electrons. The second-order valence-electron chi connectivity index (χ2n) is 4.45. The van der Waals surface area contributed by atoms with E-state index < -0.39 is 0 Å². The summed E-state index contributed by atoms with van der Waals surface area (Å²) in [6.07, 6.45) is 10.2. The number of hydrogen-bond acceptors (Lipinski definition) is 2. The Morgan fingerprint density at radius 1 is 1.36 bits per heavy atom. The Hall–Kier alpha value is -0.890. The van der Waals surface area contributed by atoms with Crippen molar-refractivity contribution in [1.29, 1.82) is 0 Å². The van der Waals surface area contributed by atoms with Gasteiger partial charge < -0.3 is 5.73 Å². The summed E-state index contributed by atoms with van der Waals surface area (Å²) in [5, 5.41) is 0. The van der Waals surface area contributed by atoms with Crippen molar-refractivity contribution in [2.24, 2.45) is 11.1 Å². The molecule has 2 heteroatoms. The minimum absolute atomic E-state index is 0.378. The van der Waals surface area contributed by atoms with Crippen LogP contribution < -0.4 is 5.73 Å². The van der Waals surface area contributed by atoms with Crippen molar-refractivity contribution in [1.82, 2.24) is 4.98 Å². The maximum absolute atomic E-state index is 5.90. The molecule has 0 atom stereocenters. The van der Waals surface area contributed by atoms with Crippen LogP contribution in [-0.4, -0.2) is 11.5 Å². The average Bonchev–Trinajstić information content (AvgIpc) is 2.69. The number of nitrogens with two attached hydrogens (primary N) is 1. The van der Waals surface area contributed by atoms with E-state index in [1.807, 2.05) is 18.5 Å². The van der Waals surface area contributed by atoms with Crippen molar-refractivity contribution in [3.63, 3.8) is 0 Å². The predicted molar refractivity (Wildman–Crippen MR) is 57.9 cm³/mol. The van der Waals surface area contributed by atoms with Gasteiger partial charge in [-0.3, -0.25) is 4.98 Å². The van der Waals surface area contributed by atoms with Gasteiger partial charge in [0.2, 0.25) is 0 Å². The fourth-order valence-corrected chi connectivity index (χ4v) is 2.51. The first-order valence-electron chi connectivity index (χ1n) is 5.44. The molecule has 1 aromatic heterocycles. The van der Waals surface area contributed by atoms with Gasteiger partial charge in [-0.15, -0.1) is 0 Å². The molecule has 1 aromatic rings. The van der Waals surface area contributed by atoms with Crippen molar-refractivity contribution < 1.29 is 0 Å². The van der Waals surface area contributed by atoms with Crippen LogP contribution in [0.4, 0.5) is 0 Å². The Labute approximate surface area is 85.5 Å². The first-order chi connectivity index (χ1) is 6.85. The van der Waals surface area contributed by atoms with Gasteiger partial charge in [0.25, 0.3) is 0 Å². The van der Waals surface area contributed by atoms with E-state index in [0.717, 1.165) is 13.0 Å². The molecule has 1 aliphatic carbocycles. The molecule has 0 spiro atoms. The summed E-state index contributed by atoms with van der Waals surface area (Å²) in [5.74, 6) is 0. The summed E-state index contributed by atoms with van der Waals surface area (Å²) in [5.41, 5.74) is 7.61. The number of rotatable bonds is 3. The Morgan fingerprint density at radius 3 is 2.71 bits per heavy atom. The Kier molecular flexibility index (Phi) is 2.82. The molecule has 0 aromatic carbocycles. The highest BCUT2D eigenvalue weighted by Gasteiger charge is 2.32. The van der Waals surface area contributed by atoms with Gasteiger partial charge in [-0.25, -0.2) is 0 Å². The predicted octanol–water partition coefficient (Wildman–Crippen LogP) is 2.14. The lowest BCUT2D eigenvalue weighted by Gasteiger charge is -2.26. The number of pyridine rings is 1. The van der Waals surface area contributed by atoms with Gasteiger partial charge in [-0.1, -0.05) is 18.9 Å². The van der Waals surface area contributed by atoms with E-state index in [9.17, 15) is 0 Å². The zero-order valence-electron chi connectivity index (χ0n) is 8.58. The molecular formula is C12H18N2. The molecule has 14 heavy (non-hydrogen) atoms. The first-order valence-corrected chi connectivity index (χ1v) is 5.44. The van der Waals surface area contributed by atoms with E-state index in [1.165, 1.54) is 31.2 Å². The number of nitrogens with zero attached hydrogens (tertiary/aromatic N) is 1. The summed E-state index contributed by atoms with van der Waals surface area (Å²) in [7, 11) is 0. The van der Waals surface area contributed by atoms with Crippen molar-refractivity contribution >= 4 is 0 Å². The zero-order valence-corrected chi connectivity index (χ0v) is 8.58. The molecule has 0 bridgehead atoms. The average molecular weight is 190 g/mol. The Morgan fingerprint density at radius 2 is 2.14 bits per heavy atom. The largest absolute Gasteiger partial charge is 0.330 e. The van der Waals surface area contributed by atoms with Crippen LogP contribution in [0.5, 0.6) is 0 Å². The minimum atomic E-state index is 0.378. The van der Waals surface area contributed by atoms with Crippen molar-refractivity contribution in [3.8, 4) is 0 Å². The van der Waals surface area contributed by atoms with E-state index >= 15 is 0 Å². The lowest BCUT2D eigenvalue weighted by molar-refractivity contribution is 0.306. The van der Waals surface area contributed by atoms with Crippen LogP contribution in [0.15, 0.2) is 24.5 Å². The van der Waals surface area contributed by atoms with Gasteiger partial charge in [0.05, 0.1) is 0 Å². The molecule has 2 N–H and O–H groups in total. The van der Waals surface area contributed by atoms with Crippen LogP contribution in [0.3, 0.4) is 0 Å². The summed E-state index contributed by atoms with van der Waals surface area (Å²) in [6.45, 7) is 0.821. The Bertz CT molecular complexity index is 276. The van der Waals surface area contributed by atoms with Gasteiger partial charge >= 0.3 is 0 Å². The van der Waals surface area contributed by atoms with Gasteiger partial charge in [0.15, 0.2) is 0 Å². The van der Waals surface area contributed by atoms with Gasteiger partial charge in [-0.2, -0.15) is 0 Å². The van der Waals surface area contributed by atoms with E-state index in [2.05, 4.69) is 11.1 Å². The third-order valence-electron chi connectivity index (χ3n) is 3.40. The second kappa shape index (κ2) is 4.09. The van der Waals surface area contributed by atoms with E-state index in [0.29, 0.717) is 5.41 Å². The highest BCUT2D eigenvalue weighted by atomic mass is 14.6. The molecule has 0 amide bonds. The molecule has 0 saturated heterocycles. The quantitative estimate of drug-likeness (QED) is 0.793. The highest BCUT2D eigenvalue weighted by molar-refractivity contribution is 5.12. The summed E-state index contributed by atoms with van der Waals surface area (Å²) in [6, 6.07) is 4.16. The van der Waals surface area contributed by atoms with Crippen molar-refractivity contribution in [2.45, 2.75) is 32.1 Å². The topological polar surface area (TPSA) is 38.9 Å². The summed E-state index contributed by atoms with van der Waals surface area (Å²) >= 11 is 0. The van der Waals surface area contributed by atoms with E-state index in [1.54, 1.807) is 0 Å². The van der Waals surface area contributed by atoms with Crippen LogP contribution >= 0.6 is 0 Å².